The molecule has 0 aromatic heterocycles. The number of carboxylic acids is 1. The first-order valence-electron chi connectivity index (χ1n) is 10.1. The second kappa shape index (κ2) is 10.2. The van der Waals surface area contributed by atoms with Crippen LogP contribution in [0.5, 0.6) is 0 Å². The minimum atomic E-state index is -2.46. The fraction of sp³-hybridized carbons (Fsp3) is 0.619. The number of carboxylic acid groups (broad SMARTS) is 1. The van der Waals surface area contributed by atoms with Crippen LogP contribution in [0.4, 0.5) is 4.79 Å². The van der Waals surface area contributed by atoms with Crippen LogP contribution in [0, 0.1) is 0 Å². The van der Waals surface area contributed by atoms with E-state index in [0.717, 1.165) is 0 Å². The van der Waals surface area contributed by atoms with Crippen LogP contribution in [0.2, 0.25) is 18.1 Å². The Morgan fingerprint density at radius 2 is 1.59 bits per heavy atom. The first-order valence-corrected chi connectivity index (χ1v) is 12.6. The largest absolute Gasteiger partial charge is 0.479 e. The monoisotopic (exact) mass is 425 g/mol. The van der Waals surface area contributed by atoms with Crippen LogP contribution in [-0.4, -0.2) is 48.4 Å². The minimum Gasteiger partial charge on any atom is -0.479 e. The molecule has 0 bridgehead atoms. The number of carbonyl (C=O) groups excluding carboxylic acids is 1. The molecule has 0 saturated heterocycles. The third-order valence-electron chi connectivity index (χ3n) is 5.19. The topological polar surface area (TPSA) is 105 Å². The number of aliphatic carboxylic acids is 1. The van der Waals surface area contributed by atoms with Gasteiger partial charge in [0.1, 0.15) is 5.60 Å². The summed E-state index contributed by atoms with van der Waals surface area (Å²) in [7, 11) is -2.46. The number of benzene rings is 1. The van der Waals surface area contributed by atoms with Crippen molar-refractivity contribution in [2.75, 3.05) is 6.61 Å². The summed E-state index contributed by atoms with van der Waals surface area (Å²) in [5, 5.41) is 23.1. The maximum atomic E-state index is 12.5. The van der Waals surface area contributed by atoms with Gasteiger partial charge in [0, 0.05) is 0 Å². The third kappa shape index (κ3) is 6.29. The smallest absolute Gasteiger partial charge is 0.408 e. The van der Waals surface area contributed by atoms with E-state index >= 15 is 0 Å². The fourth-order valence-electron chi connectivity index (χ4n) is 3.31. The zero-order valence-corrected chi connectivity index (χ0v) is 19.3. The molecule has 7 nitrogen and oxygen atoms in total. The van der Waals surface area contributed by atoms with Crippen LogP contribution in [0.1, 0.15) is 53.1 Å². The van der Waals surface area contributed by atoms with Crippen LogP contribution < -0.4 is 5.32 Å². The normalized spacial score (nSPS) is 15.3. The molecule has 2 atom stereocenters. The van der Waals surface area contributed by atoms with Gasteiger partial charge in [0.25, 0.3) is 0 Å². The molecule has 1 aromatic carbocycles. The number of aliphatic hydroxyl groups excluding tert-OH is 1. The maximum Gasteiger partial charge on any atom is 0.408 e. The predicted octanol–water partition coefficient (Wildman–Crippen LogP) is 4.09. The molecule has 29 heavy (non-hydrogen) atoms. The lowest BCUT2D eigenvalue weighted by molar-refractivity contribution is -0.164. The molecule has 0 heterocycles. The molecule has 1 amide bonds. The summed E-state index contributed by atoms with van der Waals surface area (Å²) in [6, 6.07) is 9.64. The Bertz CT molecular complexity index is 663. The second-order valence-corrected chi connectivity index (χ2v) is 12.9. The molecule has 0 radical (unpaired) electrons. The van der Waals surface area contributed by atoms with Crippen molar-refractivity contribution in [2.24, 2.45) is 0 Å². The highest BCUT2D eigenvalue weighted by Crippen LogP contribution is 2.36. The molecular formula is C21H35NO6Si. The van der Waals surface area contributed by atoms with Crippen LogP contribution in [0.25, 0.3) is 0 Å². The number of rotatable bonds is 10. The molecule has 0 fully saturated rings. The van der Waals surface area contributed by atoms with Crippen molar-refractivity contribution >= 4 is 20.4 Å². The Labute approximate surface area is 174 Å². The molecule has 3 N–H and O–H groups in total. The average Bonchev–Trinajstić information content (AvgIpc) is 2.67. The highest BCUT2D eigenvalue weighted by molar-refractivity contribution is 6.73. The highest BCUT2D eigenvalue weighted by atomic mass is 28.4. The molecule has 8 heteroatoms. The number of carbonyl (C=O) groups is 2. The number of alkyl carbamates (subject to hydrolysis) is 1. The lowest BCUT2D eigenvalue weighted by atomic mass is 9.89. The molecule has 0 saturated carbocycles. The Balaban J connectivity index is 3.52. The van der Waals surface area contributed by atoms with Crippen LogP contribution in [0.15, 0.2) is 30.3 Å². The third-order valence-corrected chi connectivity index (χ3v) is 9.85. The van der Waals surface area contributed by atoms with Crippen LogP contribution in [-0.2, 0) is 14.0 Å². The van der Waals surface area contributed by atoms with E-state index in [1.807, 2.05) is 20.8 Å². The molecule has 0 aliphatic carbocycles. The highest BCUT2D eigenvalue weighted by Gasteiger charge is 2.53. The SMILES string of the molecule is CC[Si](CC)(CC)O[C@](CO)(C(=O)O)[C@@H](NC(=O)OC(C)(C)C)c1ccccc1. The van der Waals surface area contributed by atoms with Gasteiger partial charge in [0.2, 0.25) is 5.60 Å². The van der Waals surface area contributed by atoms with Gasteiger partial charge in [-0.05, 0) is 44.5 Å². The molecule has 0 unspecified atom stereocenters. The van der Waals surface area contributed by atoms with Gasteiger partial charge < -0.3 is 24.7 Å². The van der Waals surface area contributed by atoms with E-state index in [1.54, 1.807) is 51.1 Å². The number of ether oxygens (including phenoxy) is 1. The van der Waals surface area contributed by atoms with E-state index in [9.17, 15) is 19.8 Å². The Morgan fingerprint density at radius 1 is 1.07 bits per heavy atom. The van der Waals surface area contributed by atoms with E-state index < -0.39 is 44.2 Å². The van der Waals surface area contributed by atoms with Crippen molar-refractivity contribution in [3.05, 3.63) is 35.9 Å². The summed E-state index contributed by atoms with van der Waals surface area (Å²) >= 11 is 0. The number of hydrogen-bond donors (Lipinski definition) is 3. The first-order chi connectivity index (χ1) is 13.5. The summed E-state index contributed by atoms with van der Waals surface area (Å²) in [4.78, 5) is 25.1. The minimum absolute atomic E-state index is 0.515. The van der Waals surface area contributed by atoms with Gasteiger partial charge in [-0.25, -0.2) is 9.59 Å². The van der Waals surface area contributed by atoms with Crippen molar-refractivity contribution in [1.29, 1.82) is 0 Å². The van der Waals surface area contributed by atoms with Gasteiger partial charge in [0.15, 0.2) is 8.32 Å². The Hall–Kier alpha value is -1.90. The van der Waals surface area contributed by atoms with Gasteiger partial charge >= 0.3 is 12.1 Å². The van der Waals surface area contributed by atoms with Gasteiger partial charge in [-0.2, -0.15) is 0 Å². The van der Waals surface area contributed by atoms with E-state index in [-0.39, 0.29) is 0 Å². The Kier molecular flexibility index (Phi) is 8.86. The average molecular weight is 426 g/mol. The van der Waals surface area contributed by atoms with E-state index in [2.05, 4.69) is 5.32 Å². The first kappa shape index (κ1) is 25.1. The molecule has 1 rings (SSSR count). The lowest BCUT2D eigenvalue weighted by Gasteiger charge is -2.43. The van der Waals surface area contributed by atoms with Crippen molar-refractivity contribution in [2.45, 2.75) is 76.9 Å². The van der Waals surface area contributed by atoms with E-state index in [4.69, 9.17) is 9.16 Å². The van der Waals surface area contributed by atoms with Crippen molar-refractivity contribution < 1.29 is 29.0 Å². The van der Waals surface area contributed by atoms with E-state index in [0.29, 0.717) is 23.7 Å². The zero-order chi connectivity index (χ0) is 22.3. The van der Waals surface area contributed by atoms with Gasteiger partial charge in [0.05, 0.1) is 12.6 Å². The summed E-state index contributed by atoms with van der Waals surface area (Å²) < 4.78 is 11.7. The number of nitrogens with one attached hydrogen (secondary N) is 1. The van der Waals surface area contributed by atoms with Crippen molar-refractivity contribution in [3.63, 3.8) is 0 Å². The zero-order valence-electron chi connectivity index (χ0n) is 18.3. The maximum absolute atomic E-state index is 12.5. The Morgan fingerprint density at radius 3 is 1.97 bits per heavy atom. The molecule has 164 valence electrons. The fourth-order valence-corrected chi connectivity index (χ4v) is 6.29. The van der Waals surface area contributed by atoms with Crippen LogP contribution in [0.3, 0.4) is 0 Å². The quantitative estimate of drug-likeness (QED) is 0.488. The van der Waals surface area contributed by atoms with Gasteiger partial charge in [-0.15, -0.1) is 0 Å². The van der Waals surface area contributed by atoms with Crippen LogP contribution >= 0.6 is 0 Å². The number of amides is 1. The number of aliphatic hydroxyl groups is 1. The molecule has 0 aliphatic rings. The standard InChI is InChI=1S/C21H35NO6Si/c1-7-29(8-2,9-3)28-21(15-23,18(24)25)17(16-13-11-10-12-14-16)22-19(26)27-20(4,5)6/h10-14,17,23H,7-9,15H2,1-6H3,(H,22,26)(H,24,25)/t17-,21-/m0/s1. The number of hydrogen-bond acceptors (Lipinski definition) is 5. The summed E-state index contributed by atoms with van der Waals surface area (Å²) in [6.07, 6.45) is -0.772. The van der Waals surface area contributed by atoms with Crippen molar-refractivity contribution in [1.82, 2.24) is 5.32 Å². The van der Waals surface area contributed by atoms with Gasteiger partial charge in [-0.1, -0.05) is 51.1 Å². The summed E-state index contributed by atoms with van der Waals surface area (Å²) in [6.45, 7) is 10.3. The molecule has 0 aliphatic heterocycles. The van der Waals surface area contributed by atoms with Gasteiger partial charge in [-0.3, -0.25) is 0 Å². The molecule has 1 aromatic rings. The second-order valence-electron chi connectivity index (χ2n) is 8.19. The summed E-state index contributed by atoms with van der Waals surface area (Å²) in [5.41, 5.74) is -2.26. The molecular weight excluding hydrogens is 390 g/mol. The van der Waals surface area contributed by atoms with Crippen molar-refractivity contribution in [3.8, 4) is 0 Å². The molecule has 0 spiro atoms. The van der Waals surface area contributed by atoms with E-state index in [1.165, 1.54) is 0 Å². The lowest BCUT2D eigenvalue weighted by Crippen LogP contribution is -2.61. The predicted molar refractivity (Wildman–Crippen MR) is 114 cm³/mol. The summed E-state index contributed by atoms with van der Waals surface area (Å²) in [5.74, 6) is -1.32.